The first kappa shape index (κ1) is 7.88. The highest BCUT2D eigenvalue weighted by Gasteiger charge is 2.08. The number of aryl methyl sites for hydroxylation is 1. The maximum Gasteiger partial charge on any atom is 0.134 e. The van der Waals surface area contributed by atoms with Crippen molar-refractivity contribution in [2.75, 3.05) is 0 Å². The van der Waals surface area contributed by atoms with Gasteiger partial charge in [0.15, 0.2) is 0 Å². The number of fused-ring (bicyclic) bond motifs is 1. The average Bonchev–Trinajstić information content (AvgIpc) is 2.44. The van der Waals surface area contributed by atoms with Crippen molar-refractivity contribution in [3.63, 3.8) is 0 Å². The second-order valence-corrected chi connectivity index (χ2v) is 2.97. The molecule has 0 fully saturated rings. The first-order chi connectivity index (χ1) is 6.33. The van der Waals surface area contributed by atoms with E-state index in [0.29, 0.717) is 6.42 Å². The third kappa shape index (κ3) is 1.19. The number of furan rings is 1. The highest BCUT2D eigenvalue weighted by Crippen LogP contribution is 2.25. The molecule has 0 aliphatic rings. The molecule has 0 amide bonds. The molecule has 0 saturated carbocycles. The van der Waals surface area contributed by atoms with Gasteiger partial charge in [-0.15, -0.1) is 0 Å². The molecule has 0 bridgehead atoms. The van der Waals surface area contributed by atoms with Crippen LogP contribution in [-0.4, -0.2) is 0 Å². The van der Waals surface area contributed by atoms with Crippen LogP contribution in [0.4, 0.5) is 0 Å². The van der Waals surface area contributed by atoms with E-state index in [-0.39, 0.29) is 0 Å². The average molecular weight is 171 g/mol. The fourth-order valence-corrected chi connectivity index (χ4v) is 1.52. The predicted octanol–water partition coefficient (Wildman–Crippen LogP) is 2.81. The molecule has 1 aromatic heterocycles. The molecule has 2 nitrogen and oxygen atoms in total. The van der Waals surface area contributed by atoms with Crippen molar-refractivity contribution >= 4 is 11.0 Å². The molecule has 2 rings (SSSR count). The summed E-state index contributed by atoms with van der Waals surface area (Å²) in [6, 6.07) is 9.94. The summed E-state index contributed by atoms with van der Waals surface area (Å²) < 4.78 is 5.50. The predicted molar refractivity (Wildman–Crippen MR) is 50.3 cm³/mol. The number of rotatable bonds is 1. The Hall–Kier alpha value is -1.75. The van der Waals surface area contributed by atoms with Gasteiger partial charge in [0.2, 0.25) is 0 Å². The van der Waals surface area contributed by atoms with Crippen LogP contribution in [0.5, 0.6) is 0 Å². The quantitative estimate of drug-likeness (QED) is 0.661. The Morgan fingerprint density at radius 3 is 2.92 bits per heavy atom. The van der Waals surface area contributed by atoms with Crippen LogP contribution in [0.1, 0.15) is 11.3 Å². The molecule has 0 aliphatic heterocycles. The van der Waals surface area contributed by atoms with E-state index in [9.17, 15) is 0 Å². The molecule has 1 heterocycles. The molecule has 0 aliphatic carbocycles. The summed E-state index contributed by atoms with van der Waals surface area (Å²) in [5, 5.41) is 9.69. The molecule has 64 valence electrons. The van der Waals surface area contributed by atoms with Gasteiger partial charge in [-0.25, -0.2) is 0 Å². The van der Waals surface area contributed by atoms with Crippen LogP contribution >= 0.6 is 0 Å². The molecule has 1 aromatic carbocycles. The summed E-state index contributed by atoms with van der Waals surface area (Å²) >= 11 is 0. The number of nitriles is 1. The van der Waals surface area contributed by atoms with Gasteiger partial charge >= 0.3 is 0 Å². The molecule has 0 saturated heterocycles. The van der Waals surface area contributed by atoms with Gasteiger partial charge in [-0.2, -0.15) is 5.26 Å². The molecule has 2 aromatic rings. The van der Waals surface area contributed by atoms with E-state index < -0.39 is 0 Å². The third-order valence-electron chi connectivity index (χ3n) is 2.16. The lowest BCUT2D eigenvalue weighted by atomic mass is 10.1. The normalized spacial score (nSPS) is 10.2. The van der Waals surface area contributed by atoms with Crippen molar-refractivity contribution in [2.45, 2.75) is 13.3 Å². The second-order valence-electron chi connectivity index (χ2n) is 2.97. The summed E-state index contributed by atoms with van der Waals surface area (Å²) in [5.74, 6) is 0.850. The zero-order valence-corrected chi connectivity index (χ0v) is 7.37. The standard InChI is InChI=1S/C11H9NO/c1-8-9(6-7-12)10-4-2-3-5-11(10)13-8/h2-5H,6H2,1H3. The van der Waals surface area contributed by atoms with Gasteiger partial charge in [0.05, 0.1) is 12.5 Å². The van der Waals surface area contributed by atoms with Crippen LogP contribution < -0.4 is 0 Å². The lowest BCUT2D eigenvalue weighted by molar-refractivity contribution is 0.574. The van der Waals surface area contributed by atoms with Crippen molar-refractivity contribution in [2.24, 2.45) is 0 Å². The van der Waals surface area contributed by atoms with E-state index >= 15 is 0 Å². The minimum Gasteiger partial charge on any atom is -0.461 e. The number of nitrogens with zero attached hydrogens (tertiary/aromatic N) is 1. The molecular weight excluding hydrogens is 162 g/mol. The molecule has 0 atom stereocenters. The van der Waals surface area contributed by atoms with E-state index in [1.807, 2.05) is 31.2 Å². The molecule has 2 heteroatoms. The Morgan fingerprint density at radius 1 is 1.38 bits per heavy atom. The largest absolute Gasteiger partial charge is 0.461 e. The highest BCUT2D eigenvalue weighted by molar-refractivity contribution is 5.82. The number of hydrogen-bond donors (Lipinski definition) is 0. The summed E-state index contributed by atoms with van der Waals surface area (Å²) in [5.41, 5.74) is 1.88. The monoisotopic (exact) mass is 171 g/mol. The minimum atomic E-state index is 0.419. The van der Waals surface area contributed by atoms with Crippen LogP contribution in [0.25, 0.3) is 11.0 Å². The summed E-state index contributed by atoms with van der Waals surface area (Å²) in [4.78, 5) is 0. The minimum absolute atomic E-state index is 0.419. The van der Waals surface area contributed by atoms with Gasteiger partial charge in [0, 0.05) is 10.9 Å². The Balaban J connectivity index is 2.73. The Morgan fingerprint density at radius 2 is 2.15 bits per heavy atom. The van der Waals surface area contributed by atoms with E-state index in [4.69, 9.17) is 9.68 Å². The molecule has 13 heavy (non-hydrogen) atoms. The van der Waals surface area contributed by atoms with Crippen molar-refractivity contribution in [3.8, 4) is 6.07 Å². The topological polar surface area (TPSA) is 36.9 Å². The number of para-hydroxylation sites is 1. The highest BCUT2D eigenvalue weighted by atomic mass is 16.3. The fraction of sp³-hybridized carbons (Fsp3) is 0.182. The van der Waals surface area contributed by atoms with Gasteiger partial charge in [0.25, 0.3) is 0 Å². The van der Waals surface area contributed by atoms with Gasteiger partial charge in [-0.05, 0) is 13.0 Å². The van der Waals surface area contributed by atoms with Crippen LogP contribution in [0.3, 0.4) is 0 Å². The number of hydrogen-bond acceptors (Lipinski definition) is 2. The third-order valence-corrected chi connectivity index (χ3v) is 2.16. The SMILES string of the molecule is Cc1oc2ccccc2c1CC#N. The Kier molecular flexibility index (Phi) is 1.79. The molecule has 0 N–H and O–H groups in total. The number of benzene rings is 1. The van der Waals surface area contributed by atoms with Crippen molar-refractivity contribution in [1.29, 1.82) is 5.26 Å². The van der Waals surface area contributed by atoms with Gasteiger partial charge in [0.1, 0.15) is 11.3 Å². The van der Waals surface area contributed by atoms with Gasteiger partial charge in [-0.1, -0.05) is 18.2 Å². The zero-order valence-electron chi connectivity index (χ0n) is 7.37. The fourth-order valence-electron chi connectivity index (χ4n) is 1.52. The molecular formula is C11H9NO. The molecule has 0 unspecified atom stereocenters. The van der Waals surface area contributed by atoms with E-state index in [1.165, 1.54) is 0 Å². The molecule has 0 spiro atoms. The second kappa shape index (κ2) is 2.95. The first-order valence-corrected chi connectivity index (χ1v) is 4.17. The smallest absolute Gasteiger partial charge is 0.134 e. The lowest BCUT2D eigenvalue weighted by Crippen LogP contribution is -1.80. The van der Waals surface area contributed by atoms with E-state index in [1.54, 1.807) is 0 Å². The van der Waals surface area contributed by atoms with Gasteiger partial charge in [-0.3, -0.25) is 0 Å². The van der Waals surface area contributed by atoms with Gasteiger partial charge < -0.3 is 4.42 Å². The maximum atomic E-state index is 8.63. The van der Waals surface area contributed by atoms with Crippen LogP contribution in [-0.2, 0) is 6.42 Å². The summed E-state index contributed by atoms with van der Waals surface area (Å²) in [7, 11) is 0. The Bertz CT molecular complexity index is 476. The molecule has 0 radical (unpaired) electrons. The van der Waals surface area contributed by atoms with Crippen LogP contribution in [0.2, 0.25) is 0 Å². The van der Waals surface area contributed by atoms with Crippen LogP contribution in [0, 0.1) is 18.3 Å². The zero-order chi connectivity index (χ0) is 9.26. The van der Waals surface area contributed by atoms with Crippen LogP contribution in [0.15, 0.2) is 28.7 Å². The summed E-state index contributed by atoms with van der Waals surface area (Å²) in [6.45, 7) is 1.90. The first-order valence-electron chi connectivity index (χ1n) is 4.17. The van der Waals surface area contributed by atoms with Crippen molar-refractivity contribution in [3.05, 3.63) is 35.6 Å². The van der Waals surface area contributed by atoms with E-state index in [2.05, 4.69) is 6.07 Å². The maximum absolute atomic E-state index is 8.63. The summed E-state index contributed by atoms with van der Waals surface area (Å²) in [6.07, 6.45) is 0.419. The van der Waals surface area contributed by atoms with Crippen molar-refractivity contribution in [1.82, 2.24) is 0 Å². The lowest BCUT2D eigenvalue weighted by Gasteiger charge is -1.89. The Labute approximate surface area is 76.4 Å². The van der Waals surface area contributed by atoms with E-state index in [0.717, 1.165) is 22.3 Å². The van der Waals surface area contributed by atoms with Crippen molar-refractivity contribution < 1.29 is 4.42 Å².